The summed E-state index contributed by atoms with van der Waals surface area (Å²) in [5.41, 5.74) is 0.724. The van der Waals surface area contributed by atoms with Crippen LogP contribution in [0, 0.1) is 6.92 Å². The van der Waals surface area contributed by atoms with Gasteiger partial charge in [-0.05, 0) is 20.8 Å². The van der Waals surface area contributed by atoms with Crippen molar-refractivity contribution in [1.82, 2.24) is 9.78 Å². The topological polar surface area (TPSA) is 76.4 Å². The number of hydrogen-bond donors (Lipinski definition) is 2. The Bertz CT molecular complexity index is 401. The van der Waals surface area contributed by atoms with Gasteiger partial charge in [-0.1, -0.05) is 0 Å². The smallest absolute Gasteiger partial charge is 0.341 e. The van der Waals surface area contributed by atoms with Crippen molar-refractivity contribution in [1.29, 1.82) is 0 Å². The van der Waals surface area contributed by atoms with Crippen molar-refractivity contribution in [2.24, 2.45) is 7.05 Å². The fourth-order valence-corrected chi connectivity index (χ4v) is 1.65. The van der Waals surface area contributed by atoms with Gasteiger partial charge in [-0.3, -0.25) is 4.68 Å². The summed E-state index contributed by atoms with van der Waals surface area (Å²) in [4.78, 5) is 11.1. The molecule has 1 aromatic heterocycles. The molecule has 0 bridgehead atoms. The third-order valence-corrected chi connectivity index (χ3v) is 2.39. The zero-order chi connectivity index (χ0) is 13.0. The SMILES string of the molecule is CCOCC(C)Nc1c(C(=O)O)c(C)nn1C. The van der Waals surface area contributed by atoms with Crippen LogP contribution in [-0.2, 0) is 11.8 Å². The largest absolute Gasteiger partial charge is 0.477 e. The van der Waals surface area contributed by atoms with Crippen LogP contribution in [0.15, 0.2) is 0 Å². The third-order valence-electron chi connectivity index (χ3n) is 2.39. The normalized spacial score (nSPS) is 12.5. The molecule has 1 heterocycles. The minimum absolute atomic E-state index is 0.0304. The van der Waals surface area contributed by atoms with E-state index >= 15 is 0 Å². The van der Waals surface area contributed by atoms with E-state index in [1.165, 1.54) is 0 Å². The first kappa shape index (κ1) is 13.5. The summed E-state index contributed by atoms with van der Waals surface area (Å²) >= 11 is 0. The highest BCUT2D eigenvalue weighted by atomic mass is 16.5. The second-order valence-corrected chi connectivity index (χ2v) is 3.94. The number of anilines is 1. The molecule has 17 heavy (non-hydrogen) atoms. The van der Waals surface area contributed by atoms with Crippen molar-refractivity contribution in [3.05, 3.63) is 11.3 Å². The van der Waals surface area contributed by atoms with Gasteiger partial charge in [0.05, 0.1) is 12.3 Å². The molecule has 0 saturated carbocycles. The Kier molecular flexibility index (Phi) is 4.51. The first-order valence-corrected chi connectivity index (χ1v) is 5.58. The van der Waals surface area contributed by atoms with Crippen LogP contribution in [0.4, 0.5) is 5.82 Å². The van der Waals surface area contributed by atoms with Crippen LogP contribution in [0.2, 0.25) is 0 Å². The highest BCUT2D eigenvalue weighted by Crippen LogP contribution is 2.19. The molecule has 0 radical (unpaired) electrons. The number of aryl methyl sites for hydroxylation is 2. The maximum absolute atomic E-state index is 11.1. The Morgan fingerprint density at radius 1 is 1.65 bits per heavy atom. The molecule has 1 unspecified atom stereocenters. The highest BCUT2D eigenvalue weighted by Gasteiger charge is 2.20. The number of ether oxygens (including phenoxy) is 1. The average Bonchev–Trinajstić information content (AvgIpc) is 2.51. The highest BCUT2D eigenvalue weighted by molar-refractivity contribution is 5.94. The van der Waals surface area contributed by atoms with Crippen molar-refractivity contribution in [2.45, 2.75) is 26.8 Å². The van der Waals surface area contributed by atoms with Crippen LogP contribution in [-0.4, -0.2) is 40.1 Å². The number of carboxylic acids is 1. The first-order valence-electron chi connectivity index (χ1n) is 5.58. The van der Waals surface area contributed by atoms with E-state index < -0.39 is 5.97 Å². The molecular formula is C11H19N3O3. The van der Waals surface area contributed by atoms with E-state index in [4.69, 9.17) is 9.84 Å². The van der Waals surface area contributed by atoms with Gasteiger partial charge in [-0.15, -0.1) is 0 Å². The Morgan fingerprint density at radius 3 is 2.82 bits per heavy atom. The predicted molar refractivity (Wildman–Crippen MR) is 64.5 cm³/mol. The Hall–Kier alpha value is -1.56. The lowest BCUT2D eigenvalue weighted by atomic mass is 10.2. The third kappa shape index (κ3) is 3.20. The van der Waals surface area contributed by atoms with Gasteiger partial charge in [0.1, 0.15) is 11.4 Å². The molecule has 1 atom stereocenters. The lowest BCUT2D eigenvalue weighted by molar-refractivity contribution is 0.0697. The van der Waals surface area contributed by atoms with Gasteiger partial charge in [0.15, 0.2) is 0 Å². The van der Waals surface area contributed by atoms with Gasteiger partial charge >= 0.3 is 5.97 Å². The monoisotopic (exact) mass is 241 g/mol. The molecule has 6 nitrogen and oxygen atoms in total. The maximum Gasteiger partial charge on any atom is 0.341 e. The summed E-state index contributed by atoms with van der Waals surface area (Å²) in [6.07, 6.45) is 0. The second kappa shape index (κ2) is 5.67. The number of aromatic nitrogens is 2. The Balaban J connectivity index is 2.86. The minimum atomic E-state index is -0.971. The lowest BCUT2D eigenvalue weighted by Crippen LogP contribution is -2.24. The number of aromatic carboxylic acids is 1. The Morgan fingerprint density at radius 2 is 2.29 bits per heavy atom. The predicted octanol–water partition coefficient (Wildman–Crippen LogP) is 1.26. The molecule has 0 aliphatic heterocycles. The summed E-state index contributed by atoms with van der Waals surface area (Å²) in [5, 5.41) is 16.3. The summed E-state index contributed by atoms with van der Waals surface area (Å²) < 4.78 is 6.82. The van der Waals surface area contributed by atoms with Crippen LogP contribution in [0.3, 0.4) is 0 Å². The molecule has 0 saturated heterocycles. The number of hydrogen-bond acceptors (Lipinski definition) is 4. The first-order chi connectivity index (χ1) is 7.97. The Labute approximate surface area is 101 Å². The van der Waals surface area contributed by atoms with E-state index in [2.05, 4.69) is 10.4 Å². The van der Waals surface area contributed by atoms with Gasteiger partial charge < -0.3 is 15.2 Å². The molecule has 96 valence electrons. The number of carbonyl (C=O) groups is 1. The summed E-state index contributed by atoms with van der Waals surface area (Å²) in [7, 11) is 1.72. The van der Waals surface area contributed by atoms with Gasteiger partial charge in [0, 0.05) is 19.7 Å². The molecule has 0 amide bonds. The van der Waals surface area contributed by atoms with Crippen LogP contribution in [0.5, 0.6) is 0 Å². The molecule has 0 aromatic carbocycles. The van der Waals surface area contributed by atoms with Gasteiger partial charge in [0.25, 0.3) is 0 Å². The van der Waals surface area contributed by atoms with E-state index in [9.17, 15) is 4.79 Å². The van der Waals surface area contributed by atoms with E-state index in [0.717, 1.165) is 0 Å². The van der Waals surface area contributed by atoms with Crippen molar-refractivity contribution in [2.75, 3.05) is 18.5 Å². The molecule has 6 heteroatoms. The van der Waals surface area contributed by atoms with E-state index in [0.29, 0.717) is 24.7 Å². The summed E-state index contributed by atoms with van der Waals surface area (Å²) in [6.45, 7) is 6.71. The van der Waals surface area contributed by atoms with Crippen LogP contribution >= 0.6 is 0 Å². The van der Waals surface area contributed by atoms with Gasteiger partial charge in [0.2, 0.25) is 0 Å². The van der Waals surface area contributed by atoms with Crippen molar-refractivity contribution < 1.29 is 14.6 Å². The zero-order valence-electron chi connectivity index (χ0n) is 10.6. The molecule has 2 N–H and O–H groups in total. The minimum Gasteiger partial charge on any atom is -0.477 e. The molecule has 0 spiro atoms. The maximum atomic E-state index is 11.1. The van der Waals surface area contributed by atoms with Crippen LogP contribution in [0.1, 0.15) is 29.9 Å². The number of carboxylic acid groups (broad SMARTS) is 1. The average molecular weight is 241 g/mol. The number of nitrogens with one attached hydrogen (secondary N) is 1. The van der Waals surface area contributed by atoms with Crippen molar-refractivity contribution >= 4 is 11.8 Å². The molecule has 0 aliphatic rings. The molecule has 1 aromatic rings. The standard InChI is InChI=1S/C11H19N3O3/c1-5-17-6-7(2)12-10-9(11(15)16)8(3)13-14(10)4/h7,12H,5-6H2,1-4H3,(H,15,16). The van der Waals surface area contributed by atoms with Crippen molar-refractivity contribution in [3.63, 3.8) is 0 Å². The van der Waals surface area contributed by atoms with E-state index in [1.807, 2.05) is 13.8 Å². The second-order valence-electron chi connectivity index (χ2n) is 3.94. The van der Waals surface area contributed by atoms with Gasteiger partial charge in [-0.2, -0.15) is 5.10 Å². The van der Waals surface area contributed by atoms with Crippen LogP contribution < -0.4 is 5.32 Å². The molecule has 0 aliphatic carbocycles. The fraction of sp³-hybridized carbons (Fsp3) is 0.636. The van der Waals surface area contributed by atoms with Crippen LogP contribution in [0.25, 0.3) is 0 Å². The zero-order valence-corrected chi connectivity index (χ0v) is 10.6. The molecular weight excluding hydrogens is 222 g/mol. The number of nitrogens with zero attached hydrogens (tertiary/aromatic N) is 2. The summed E-state index contributed by atoms with van der Waals surface area (Å²) in [6, 6.07) is 0.0304. The van der Waals surface area contributed by atoms with E-state index in [-0.39, 0.29) is 11.6 Å². The number of rotatable bonds is 6. The lowest BCUT2D eigenvalue weighted by Gasteiger charge is -2.15. The quantitative estimate of drug-likeness (QED) is 0.784. The summed E-state index contributed by atoms with van der Waals surface area (Å²) in [5.74, 6) is -0.455. The molecule has 0 fully saturated rings. The van der Waals surface area contributed by atoms with Crippen molar-refractivity contribution in [3.8, 4) is 0 Å². The van der Waals surface area contributed by atoms with Gasteiger partial charge in [-0.25, -0.2) is 4.79 Å². The fourth-order valence-electron chi connectivity index (χ4n) is 1.65. The molecule has 1 rings (SSSR count). The van der Waals surface area contributed by atoms with E-state index in [1.54, 1.807) is 18.7 Å².